The topological polar surface area (TPSA) is 66.9 Å². The van der Waals surface area contributed by atoms with Gasteiger partial charge in [-0.25, -0.2) is 9.97 Å². The minimum absolute atomic E-state index is 0.119. The summed E-state index contributed by atoms with van der Waals surface area (Å²) in [7, 11) is 0. The van der Waals surface area contributed by atoms with Crippen molar-refractivity contribution in [3.05, 3.63) is 16.6 Å². The maximum atomic E-state index is 11.8. The normalized spacial score (nSPS) is 19.2. The van der Waals surface area contributed by atoms with Crippen LogP contribution in [0.5, 0.6) is 0 Å². The van der Waals surface area contributed by atoms with Crippen LogP contribution in [0.15, 0.2) is 6.33 Å². The summed E-state index contributed by atoms with van der Waals surface area (Å²) in [5.41, 5.74) is 0.285. The number of amides is 1. The van der Waals surface area contributed by atoms with E-state index in [0.717, 1.165) is 19.4 Å². The van der Waals surface area contributed by atoms with Gasteiger partial charge in [-0.3, -0.25) is 4.79 Å². The third-order valence-corrected chi connectivity index (χ3v) is 3.72. The first-order valence-electron chi connectivity index (χ1n) is 6.36. The fourth-order valence-corrected chi connectivity index (χ4v) is 2.53. The maximum Gasteiger partial charge on any atom is 0.224 e. The smallest absolute Gasteiger partial charge is 0.224 e. The molecule has 0 aromatic carbocycles. The molecule has 2 N–H and O–H groups in total. The molecule has 0 radical (unpaired) electrons. The zero-order valence-corrected chi connectivity index (χ0v) is 12.0. The Labute approximate surface area is 122 Å². The zero-order valence-electron chi connectivity index (χ0n) is 10.5. The van der Waals surface area contributed by atoms with Gasteiger partial charge in [0.05, 0.1) is 0 Å². The number of aromatic nitrogens is 2. The lowest BCUT2D eigenvalue weighted by Crippen LogP contribution is -2.34. The molecule has 0 aliphatic carbocycles. The van der Waals surface area contributed by atoms with E-state index >= 15 is 0 Å². The highest BCUT2D eigenvalue weighted by Crippen LogP contribution is 2.26. The lowest BCUT2D eigenvalue weighted by atomic mass is 10.0. The van der Waals surface area contributed by atoms with Crippen molar-refractivity contribution in [1.82, 2.24) is 15.3 Å². The number of hydrogen-bond donors (Lipinski definition) is 2. The van der Waals surface area contributed by atoms with Gasteiger partial charge in [0.1, 0.15) is 12.0 Å². The second-order valence-electron chi connectivity index (χ2n) is 4.56. The van der Waals surface area contributed by atoms with Crippen LogP contribution in [-0.4, -0.2) is 28.5 Å². The van der Waals surface area contributed by atoms with Gasteiger partial charge >= 0.3 is 0 Å². The van der Waals surface area contributed by atoms with Crippen molar-refractivity contribution in [3.63, 3.8) is 0 Å². The van der Waals surface area contributed by atoms with Crippen LogP contribution in [0.2, 0.25) is 10.3 Å². The van der Waals surface area contributed by atoms with Crippen molar-refractivity contribution in [2.75, 3.05) is 11.9 Å². The van der Waals surface area contributed by atoms with Crippen LogP contribution in [0.25, 0.3) is 0 Å². The van der Waals surface area contributed by atoms with Crippen molar-refractivity contribution < 1.29 is 4.79 Å². The highest BCUT2D eigenvalue weighted by atomic mass is 35.5. The van der Waals surface area contributed by atoms with Gasteiger partial charge < -0.3 is 10.6 Å². The molecule has 1 aromatic heterocycles. The monoisotopic (exact) mass is 302 g/mol. The number of nitrogens with zero attached hydrogens (tertiary/aromatic N) is 2. The maximum absolute atomic E-state index is 11.8. The number of nitrogens with one attached hydrogen (secondary N) is 2. The Hall–Kier alpha value is -0.910. The first kappa shape index (κ1) is 14.5. The van der Waals surface area contributed by atoms with Gasteiger partial charge in [-0.15, -0.1) is 0 Å². The zero-order chi connectivity index (χ0) is 13.7. The largest absolute Gasteiger partial charge is 0.321 e. The summed E-state index contributed by atoms with van der Waals surface area (Å²) in [6, 6.07) is 0.428. The third-order valence-electron chi connectivity index (χ3n) is 3.15. The summed E-state index contributed by atoms with van der Waals surface area (Å²) in [5.74, 6) is -0.119. The SMILES string of the molecule is O=C(CCC1CCCCN1)Nc1c(Cl)ncnc1Cl. The van der Waals surface area contributed by atoms with Crippen LogP contribution in [0.4, 0.5) is 5.69 Å². The van der Waals surface area contributed by atoms with Crippen LogP contribution in [0, 0.1) is 0 Å². The van der Waals surface area contributed by atoms with Crippen molar-refractivity contribution in [3.8, 4) is 0 Å². The number of carbonyl (C=O) groups excluding carboxylic acids is 1. The van der Waals surface area contributed by atoms with Gasteiger partial charge in [0.2, 0.25) is 5.91 Å². The molecule has 5 nitrogen and oxygen atoms in total. The summed E-state index contributed by atoms with van der Waals surface area (Å²) in [6.07, 6.45) is 6.07. The van der Waals surface area contributed by atoms with E-state index in [1.807, 2.05) is 0 Å². The number of carbonyl (C=O) groups is 1. The quantitative estimate of drug-likeness (QED) is 0.839. The van der Waals surface area contributed by atoms with E-state index in [4.69, 9.17) is 23.2 Å². The van der Waals surface area contributed by atoms with Crippen LogP contribution in [0.3, 0.4) is 0 Å². The van der Waals surface area contributed by atoms with E-state index in [-0.39, 0.29) is 21.9 Å². The Bertz CT molecular complexity index is 429. The predicted octanol–water partition coefficient (Wildman–Crippen LogP) is 2.64. The number of piperidine rings is 1. The Balaban J connectivity index is 1.83. The van der Waals surface area contributed by atoms with E-state index in [2.05, 4.69) is 20.6 Å². The Morgan fingerprint density at radius 3 is 2.74 bits per heavy atom. The molecule has 0 spiro atoms. The first-order valence-corrected chi connectivity index (χ1v) is 7.11. The van der Waals surface area contributed by atoms with Gasteiger partial charge in [0.25, 0.3) is 0 Å². The summed E-state index contributed by atoms with van der Waals surface area (Å²) >= 11 is 11.7. The molecule has 0 saturated carbocycles. The molecule has 7 heteroatoms. The average Bonchev–Trinajstić information content (AvgIpc) is 2.42. The van der Waals surface area contributed by atoms with E-state index in [1.54, 1.807) is 0 Å². The molecule has 1 aromatic rings. The molecule has 1 unspecified atom stereocenters. The molecule has 1 aliphatic rings. The number of halogens is 2. The van der Waals surface area contributed by atoms with E-state index < -0.39 is 0 Å². The van der Waals surface area contributed by atoms with Gasteiger partial charge in [0, 0.05) is 12.5 Å². The summed E-state index contributed by atoms with van der Waals surface area (Å²) in [6.45, 7) is 1.04. The minimum atomic E-state index is -0.119. The van der Waals surface area contributed by atoms with E-state index in [9.17, 15) is 4.79 Å². The van der Waals surface area contributed by atoms with Crippen LogP contribution in [-0.2, 0) is 4.79 Å². The standard InChI is InChI=1S/C12H16Cl2N4O/c13-11-10(12(14)17-7-16-11)18-9(19)5-4-8-3-1-2-6-15-8/h7-8,15H,1-6H2,(H,18,19). The summed E-state index contributed by atoms with van der Waals surface area (Å²) in [4.78, 5) is 19.4. The molecule has 1 saturated heterocycles. The predicted molar refractivity (Wildman–Crippen MR) is 75.6 cm³/mol. The summed E-state index contributed by atoms with van der Waals surface area (Å²) in [5, 5.41) is 6.38. The van der Waals surface area contributed by atoms with Crippen molar-refractivity contribution >= 4 is 34.8 Å². The van der Waals surface area contributed by atoms with Crippen LogP contribution < -0.4 is 10.6 Å². The van der Waals surface area contributed by atoms with E-state index in [1.165, 1.54) is 19.2 Å². The van der Waals surface area contributed by atoms with Gasteiger partial charge in [-0.05, 0) is 25.8 Å². The average molecular weight is 303 g/mol. The number of hydrogen-bond acceptors (Lipinski definition) is 4. The van der Waals surface area contributed by atoms with Crippen molar-refractivity contribution in [2.24, 2.45) is 0 Å². The first-order chi connectivity index (χ1) is 9.16. The molecule has 0 bridgehead atoms. The second-order valence-corrected chi connectivity index (χ2v) is 5.28. The van der Waals surface area contributed by atoms with Crippen molar-refractivity contribution in [1.29, 1.82) is 0 Å². The lowest BCUT2D eigenvalue weighted by Gasteiger charge is -2.23. The minimum Gasteiger partial charge on any atom is -0.321 e. The van der Waals surface area contributed by atoms with Gasteiger partial charge in [-0.2, -0.15) is 0 Å². The molecule has 19 heavy (non-hydrogen) atoms. The van der Waals surface area contributed by atoms with Crippen LogP contribution >= 0.6 is 23.2 Å². The number of rotatable bonds is 4. The Kier molecular flexibility index (Phi) is 5.36. The van der Waals surface area contributed by atoms with Crippen LogP contribution in [0.1, 0.15) is 32.1 Å². The molecular formula is C12H16Cl2N4O. The molecule has 104 valence electrons. The van der Waals surface area contributed by atoms with Gasteiger partial charge in [0.15, 0.2) is 10.3 Å². The second kappa shape index (κ2) is 7.03. The molecule has 2 rings (SSSR count). The Morgan fingerprint density at radius 2 is 2.11 bits per heavy atom. The number of anilines is 1. The molecular weight excluding hydrogens is 287 g/mol. The lowest BCUT2D eigenvalue weighted by molar-refractivity contribution is -0.116. The molecule has 1 aliphatic heterocycles. The highest BCUT2D eigenvalue weighted by Gasteiger charge is 2.16. The van der Waals surface area contributed by atoms with Gasteiger partial charge in [-0.1, -0.05) is 29.6 Å². The molecule has 2 heterocycles. The molecule has 1 amide bonds. The molecule has 1 fully saturated rings. The Morgan fingerprint density at radius 1 is 1.37 bits per heavy atom. The summed E-state index contributed by atoms with van der Waals surface area (Å²) < 4.78 is 0. The highest BCUT2D eigenvalue weighted by molar-refractivity contribution is 6.38. The fraction of sp³-hybridized carbons (Fsp3) is 0.583. The third kappa shape index (κ3) is 4.30. The molecule has 1 atom stereocenters. The van der Waals surface area contributed by atoms with E-state index in [0.29, 0.717) is 12.5 Å². The fourth-order valence-electron chi connectivity index (χ4n) is 2.13. The van der Waals surface area contributed by atoms with Crippen molar-refractivity contribution in [2.45, 2.75) is 38.1 Å².